The van der Waals surface area contributed by atoms with Crippen LogP contribution in [0.2, 0.25) is 0 Å². The molecule has 0 unspecified atom stereocenters. The Morgan fingerprint density at radius 2 is 1.94 bits per heavy atom. The van der Waals surface area contributed by atoms with Crippen molar-refractivity contribution in [1.82, 2.24) is 9.88 Å². The summed E-state index contributed by atoms with van der Waals surface area (Å²) in [7, 11) is 2.10. The van der Waals surface area contributed by atoms with Crippen LogP contribution in [0.4, 0.5) is 5.69 Å². The maximum atomic E-state index is 5.95. The predicted molar refractivity (Wildman–Crippen MR) is 77.6 cm³/mol. The van der Waals surface area contributed by atoms with Gasteiger partial charge in [-0.3, -0.25) is 4.90 Å². The maximum absolute atomic E-state index is 5.95. The Morgan fingerprint density at radius 1 is 1.22 bits per heavy atom. The second-order valence-electron chi connectivity index (χ2n) is 4.62. The Morgan fingerprint density at radius 3 is 2.56 bits per heavy atom. The van der Waals surface area contributed by atoms with Gasteiger partial charge in [-0.05, 0) is 32.5 Å². The van der Waals surface area contributed by atoms with E-state index in [1.165, 1.54) is 15.4 Å². The number of hydrogen-bond donors (Lipinski definition) is 1. The first kappa shape index (κ1) is 13.1. The van der Waals surface area contributed by atoms with Gasteiger partial charge in [0.25, 0.3) is 0 Å². The molecule has 0 saturated heterocycles. The SMILES string of the molecule is Cc1nc(CN(C)Cc2ccccc2N)sc1C. The zero-order chi connectivity index (χ0) is 13.1. The van der Waals surface area contributed by atoms with E-state index in [2.05, 4.69) is 36.8 Å². The molecule has 2 aromatic rings. The number of para-hydroxylation sites is 1. The van der Waals surface area contributed by atoms with Crippen molar-refractivity contribution in [2.45, 2.75) is 26.9 Å². The Balaban J connectivity index is 2.01. The van der Waals surface area contributed by atoms with Gasteiger partial charge in [0.05, 0.1) is 12.2 Å². The Labute approximate surface area is 112 Å². The normalized spacial score (nSPS) is 11.1. The molecular formula is C14H19N3S. The first-order valence-electron chi connectivity index (χ1n) is 6.01. The molecule has 3 nitrogen and oxygen atoms in total. The van der Waals surface area contributed by atoms with E-state index in [1.54, 1.807) is 11.3 Å². The molecule has 0 atom stereocenters. The van der Waals surface area contributed by atoms with E-state index < -0.39 is 0 Å². The molecule has 1 aromatic heterocycles. The Bertz CT molecular complexity index is 514. The van der Waals surface area contributed by atoms with Crippen LogP contribution in [0.1, 0.15) is 21.1 Å². The van der Waals surface area contributed by atoms with Gasteiger partial charge in [0.15, 0.2) is 0 Å². The van der Waals surface area contributed by atoms with E-state index in [9.17, 15) is 0 Å². The Kier molecular flexibility index (Phi) is 3.99. The van der Waals surface area contributed by atoms with Crippen molar-refractivity contribution in [3.8, 4) is 0 Å². The molecule has 18 heavy (non-hydrogen) atoms. The second kappa shape index (κ2) is 5.50. The number of anilines is 1. The van der Waals surface area contributed by atoms with Gasteiger partial charge in [-0.1, -0.05) is 18.2 Å². The molecule has 1 aromatic carbocycles. The van der Waals surface area contributed by atoms with Crippen molar-refractivity contribution in [2.75, 3.05) is 12.8 Å². The fourth-order valence-corrected chi connectivity index (χ4v) is 2.88. The third kappa shape index (κ3) is 3.09. The zero-order valence-electron chi connectivity index (χ0n) is 11.1. The number of aryl methyl sites for hydroxylation is 2. The largest absolute Gasteiger partial charge is 0.398 e. The van der Waals surface area contributed by atoms with Crippen LogP contribution in [0.25, 0.3) is 0 Å². The van der Waals surface area contributed by atoms with Crippen LogP contribution in [0.15, 0.2) is 24.3 Å². The molecule has 0 fully saturated rings. The number of nitrogens with two attached hydrogens (primary N) is 1. The second-order valence-corrected chi connectivity index (χ2v) is 5.91. The first-order valence-corrected chi connectivity index (χ1v) is 6.82. The molecule has 96 valence electrons. The van der Waals surface area contributed by atoms with Crippen molar-refractivity contribution < 1.29 is 0 Å². The van der Waals surface area contributed by atoms with Crippen LogP contribution >= 0.6 is 11.3 Å². The highest BCUT2D eigenvalue weighted by Gasteiger charge is 2.08. The van der Waals surface area contributed by atoms with E-state index in [4.69, 9.17) is 5.73 Å². The van der Waals surface area contributed by atoms with Gasteiger partial charge in [-0.15, -0.1) is 11.3 Å². The molecule has 0 aliphatic carbocycles. The maximum Gasteiger partial charge on any atom is 0.107 e. The monoisotopic (exact) mass is 261 g/mol. The lowest BCUT2D eigenvalue weighted by molar-refractivity contribution is 0.319. The number of nitrogens with zero attached hydrogens (tertiary/aromatic N) is 2. The Hall–Kier alpha value is -1.39. The average molecular weight is 261 g/mol. The molecule has 0 radical (unpaired) electrons. The summed E-state index contributed by atoms with van der Waals surface area (Å²) in [6.07, 6.45) is 0. The number of aromatic nitrogens is 1. The van der Waals surface area contributed by atoms with Crippen LogP contribution in [0.5, 0.6) is 0 Å². The van der Waals surface area contributed by atoms with E-state index in [0.29, 0.717) is 0 Å². The van der Waals surface area contributed by atoms with Crippen LogP contribution in [-0.2, 0) is 13.1 Å². The predicted octanol–water partition coefficient (Wildman–Crippen LogP) is 2.97. The fourth-order valence-electron chi connectivity index (χ4n) is 1.86. The standard InChI is InChI=1S/C14H19N3S/c1-10-11(2)18-14(16-10)9-17(3)8-12-6-4-5-7-13(12)15/h4-7H,8-9,15H2,1-3H3. The van der Waals surface area contributed by atoms with Crippen LogP contribution < -0.4 is 5.73 Å². The average Bonchev–Trinajstić information content (AvgIpc) is 2.61. The van der Waals surface area contributed by atoms with Crippen LogP contribution in [-0.4, -0.2) is 16.9 Å². The third-order valence-electron chi connectivity index (χ3n) is 2.97. The van der Waals surface area contributed by atoms with Gasteiger partial charge in [0.2, 0.25) is 0 Å². The molecule has 0 aliphatic rings. The molecule has 0 amide bonds. The molecule has 0 aliphatic heterocycles. The first-order chi connectivity index (χ1) is 8.56. The molecule has 1 heterocycles. The summed E-state index contributed by atoms with van der Waals surface area (Å²) in [5, 5.41) is 1.17. The summed E-state index contributed by atoms with van der Waals surface area (Å²) in [6.45, 7) is 5.90. The number of benzene rings is 1. The summed E-state index contributed by atoms with van der Waals surface area (Å²) >= 11 is 1.77. The van der Waals surface area contributed by atoms with E-state index in [1.807, 2.05) is 18.2 Å². The van der Waals surface area contributed by atoms with Crippen molar-refractivity contribution in [3.63, 3.8) is 0 Å². The lowest BCUT2D eigenvalue weighted by atomic mass is 10.2. The van der Waals surface area contributed by atoms with Crippen LogP contribution in [0, 0.1) is 13.8 Å². The topological polar surface area (TPSA) is 42.2 Å². The minimum atomic E-state index is 0.852. The van der Waals surface area contributed by atoms with E-state index >= 15 is 0 Å². The van der Waals surface area contributed by atoms with Crippen molar-refractivity contribution in [2.24, 2.45) is 0 Å². The number of rotatable bonds is 4. The number of nitrogen functional groups attached to an aromatic ring is 1. The summed E-state index contributed by atoms with van der Waals surface area (Å²) < 4.78 is 0. The minimum absolute atomic E-state index is 0.852. The smallest absolute Gasteiger partial charge is 0.107 e. The summed E-state index contributed by atoms with van der Waals surface area (Å²) in [6, 6.07) is 8.01. The highest BCUT2D eigenvalue weighted by Crippen LogP contribution is 2.19. The minimum Gasteiger partial charge on any atom is -0.398 e. The van der Waals surface area contributed by atoms with E-state index in [-0.39, 0.29) is 0 Å². The number of thiazole rings is 1. The zero-order valence-corrected chi connectivity index (χ0v) is 11.9. The molecule has 0 spiro atoms. The van der Waals surface area contributed by atoms with Gasteiger partial charge < -0.3 is 5.73 Å². The van der Waals surface area contributed by atoms with Gasteiger partial charge in [0, 0.05) is 17.1 Å². The molecule has 0 saturated carbocycles. The highest BCUT2D eigenvalue weighted by molar-refractivity contribution is 7.11. The third-order valence-corrected chi connectivity index (χ3v) is 4.03. The van der Waals surface area contributed by atoms with Crippen molar-refractivity contribution in [1.29, 1.82) is 0 Å². The fraction of sp³-hybridized carbons (Fsp3) is 0.357. The van der Waals surface area contributed by atoms with Gasteiger partial charge in [-0.25, -0.2) is 4.98 Å². The van der Waals surface area contributed by atoms with Crippen LogP contribution in [0.3, 0.4) is 0 Å². The van der Waals surface area contributed by atoms with Gasteiger partial charge >= 0.3 is 0 Å². The lowest BCUT2D eigenvalue weighted by Gasteiger charge is -2.16. The highest BCUT2D eigenvalue weighted by atomic mass is 32.1. The summed E-state index contributed by atoms with van der Waals surface area (Å²) in [5.41, 5.74) is 9.12. The molecule has 0 bridgehead atoms. The molecule has 4 heteroatoms. The van der Waals surface area contributed by atoms with Gasteiger partial charge in [-0.2, -0.15) is 0 Å². The summed E-state index contributed by atoms with van der Waals surface area (Å²) in [4.78, 5) is 8.10. The summed E-state index contributed by atoms with van der Waals surface area (Å²) in [5.74, 6) is 0. The molecule has 2 rings (SSSR count). The molecular weight excluding hydrogens is 242 g/mol. The van der Waals surface area contributed by atoms with E-state index in [0.717, 1.165) is 24.5 Å². The quantitative estimate of drug-likeness (QED) is 0.860. The molecule has 2 N–H and O–H groups in total. The van der Waals surface area contributed by atoms with Gasteiger partial charge in [0.1, 0.15) is 5.01 Å². The van der Waals surface area contributed by atoms with Crippen molar-refractivity contribution >= 4 is 17.0 Å². The van der Waals surface area contributed by atoms with Crippen molar-refractivity contribution in [3.05, 3.63) is 45.4 Å². The number of hydrogen-bond acceptors (Lipinski definition) is 4. The lowest BCUT2D eigenvalue weighted by Crippen LogP contribution is -2.17.